The molecule has 222 valence electrons. The van der Waals surface area contributed by atoms with Crippen LogP contribution in [0.1, 0.15) is 37.5 Å². The Morgan fingerprint density at radius 2 is 0.902 bits per heavy atom. The minimum absolute atomic E-state index is 0.228. The van der Waals surface area contributed by atoms with E-state index in [1.807, 2.05) is 0 Å². The smallest absolute Gasteiger partial charge is 0.313 e. The van der Waals surface area contributed by atoms with Gasteiger partial charge in [-0.25, -0.2) is 25.3 Å². The maximum Gasteiger partial charge on any atom is 0.313 e. The molecule has 41 heavy (non-hydrogen) atoms. The first kappa shape index (κ1) is 32.5. The third-order valence-electron chi connectivity index (χ3n) is 7.03. The van der Waals surface area contributed by atoms with Crippen LogP contribution in [0.4, 0.5) is 0 Å². The van der Waals surface area contributed by atoms with Gasteiger partial charge in [0.1, 0.15) is 5.41 Å². The molecular formula is C30H36O8S3. The highest BCUT2D eigenvalue weighted by molar-refractivity contribution is 7.93. The average molecular weight is 621 g/mol. The first-order valence-corrected chi connectivity index (χ1v) is 17.7. The highest BCUT2D eigenvalue weighted by Gasteiger charge is 2.61. The van der Waals surface area contributed by atoms with Gasteiger partial charge in [-0.3, -0.25) is 4.79 Å². The molecule has 0 saturated heterocycles. The number of aliphatic carboxylic acids is 1. The minimum Gasteiger partial charge on any atom is -0.481 e. The van der Waals surface area contributed by atoms with Crippen molar-refractivity contribution in [1.82, 2.24) is 0 Å². The molecule has 0 bridgehead atoms. The molecule has 3 aromatic carbocycles. The predicted octanol–water partition coefficient (Wildman–Crippen LogP) is 4.82. The van der Waals surface area contributed by atoms with Gasteiger partial charge in [0.25, 0.3) is 0 Å². The first-order valence-electron chi connectivity index (χ1n) is 12.9. The zero-order valence-electron chi connectivity index (χ0n) is 23.9. The molecule has 0 fully saturated rings. The summed E-state index contributed by atoms with van der Waals surface area (Å²) in [6.07, 6.45) is 0. The summed E-state index contributed by atoms with van der Waals surface area (Å²) in [5.41, 5.74) is -1.94. The Kier molecular flexibility index (Phi) is 8.99. The number of carboxylic acid groups (broad SMARTS) is 1. The molecule has 0 aliphatic heterocycles. The lowest BCUT2D eigenvalue weighted by atomic mass is 9.75. The van der Waals surface area contributed by atoms with Crippen LogP contribution < -0.4 is 0 Å². The Hall–Kier alpha value is -3.02. The lowest BCUT2D eigenvalue weighted by molar-refractivity contribution is -0.147. The number of carbonyl (C=O) groups is 1. The predicted molar refractivity (Wildman–Crippen MR) is 158 cm³/mol. The van der Waals surface area contributed by atoms with Crippen molar-refractivity contribution in [3.63, 3.8) is 0 Å². The fourth-order valence-corrected chi connectivity index (χ4v) is 11.7. The van der Waals surface area contributed by atoms with Gasteiger partial charge in [-0.2, -0.15) is 0 Å². The van der Waals surface area contributed by atoms with Crippen LogP contribution in [0.3, 0.4) is 0 Å². The number of hydrogen-bond donors (Lipinski definition) is 1. The summed E-state index contributed by atoms with van der Waals surface area (Å²) in [7, 11) is -13.6. The third kappa shape index (κ3) is 6.90. The van der Waals surface area contributed by atoms with Crippen LogP contribution in [0.15, 0.2) is 87.5 Å². The van der Waals surface area contributed by atoms with Crippen molar-refractivity contribution in [2.24, 2.45) is 10.8 Å². The summed E-state index contributed by atoms with van der Waals surface area (Å²) in [6, 6.07) is 17.0. The van der Waals surface area contributed by atoms with Crippen LogP contribution in [-0.4, -0.2) is 53.1 Å². The number of aryl methyl sites for hydroxylation is 3. The highest BCUT2D eigenvalue weighted by Crippen LogP contribution is 2.46. The van der Waals surface area contributed by atoms with Gasteiger partial charge in [-0.05, 0) is 62.6 Å². The normalized spacial score (nSPS) is 14.0. The summed E-state index contributed by atoms with van der Waals surface area (Å²) >= 11 is 0. The molecule has 11 heteroatoms. The summed E-state index contributed by atoms with van der Waals surface area (Å²) in [6.45, 7) is 9.65. The molecule has 1 unspecified atom stereocenters. The molecule has 3 rings (SSSR count). The van der Waals surface area contributed by atoms with Crippen LogP contribution in [0.2, 0.25) is 0 Å². The van der Waals surface area contributed by atoms with Gasteiger partial charge < -0.3 is 5.11 Å². The van der Waals surface area contributed by atoms with Gasteiger partial charge in [0.05, 0.1) is 31.4 Å². The maximum absolute atomic E-state index is 14.3. The zero-order chi connectivity index (χ0) is 31.0. The fraction of sp³-hybridized carbons (Fsp3) is 0.367. The molecule has 0 aliphatic rings. The Morgan fingerprint density at radius 3 is 1.17 bits per heavy atom. The molecule has 0 saturated carbocycles. The molecule has 0 spiro atoms. The molecule has 1 N–H and O–H groups in total. The highest BCUT2D eigenvalue weighted by atomic mass is 32.2. The molecule has 0 aliphatic carbocycles. The lowest BCUT2D eigenvalue weighted by Gasteiger charge is -2.43. The van der Waals surface area contributed by atoms with E-state index in [1.165, 1.54) is 81.4 Å². The lowest BCUT2D eigenvalue weighted by Crippen LogP contribution is -2.59. The van der Waals surface area contributed by atoms with Gasteiger partial charge in [0.2, 0.25) is 0 Å². The van der Waals surface area contributed by atoms with Gasteiger partial charge in [-0.15, -0.1) is 0 Å². The second-order valence-corrected chi connectivity index (χ2v) is 17.7. The number of hydrogen-bond acceptors (Lipinski definition) is 7. The first-order chi connectivity index (χ1) is 18.7. The molecule has 8 nitrogen and oxygen atoms in total. The van der Waals surface area contributed by atoms with E-state index in [-0.39, 0.29) is 14.7 Å². The van der Waals surface area contributed by atoms with Crippen molar-refractivity contribution in [3.05, 3.63) is 89.5 Å². The van der Waals surface area contributed by atoms with Crippen molar-refractivity contribution < 1.29 is 35.2 Å². The van der Waals surface area contributed by atoms with E-state index in [1.54, 1.807) is 32.9 Å². The fourth-order valence-electron chi connectivity index (χ4n) is 5.22. The molecule has 0 aromatic heterocycles. The van der Waals surface area contributed by atoms with Gasteiger partial charge in [0, 0.05) is 0 Å². The van der Waals surface area contributed by atoms with Gasteiger partial charge in [0.15, 0.2) is 29.5 Å². The van der Waals surface area contributed by atoms with Crippen molar-refractivity contribution in [2.75, 3.05) is 11.5 Å². The monoisotopic (exact) mass is 620 g/mol. The second kappa shape index (κ2) is 11.3. The number of benzene rings is 3. The van der Waals surface area contributed by atoms with Crippen molar-refractivity contribution in [2.45, 2.75) is 61.5 Å². The topological polar surface area (TPSA) is 140 Å². The van der Waals surface area contributed by atoms with Crippen LogP contribution in [0.5, 0.6) is 0 Å². The van der Waals surface area contributed by atoms with Gasteiger partial charge >= 0.3 is 5.97 Å². The summed E-state index contributed by atoms with van der Waals surface area (Å²) < 4.78 is 83.9. The van der Waals surface area contributed by atoms with Crippen molar-refractivity contribution in [3.8, 4) is 0 Å². The van der Waals surface area contributed by atoms with E-state index < -0.39 is 63.1 Å². The standard InChI is InChI=1S/C30H36O8S3/c1-21-7-13-24(14-8-21)39(33,34)19-30(28(31)32,20-40(35,36)25-15-9-22(2)10-16-25)27(29(4,5)6)41(37,38)26-17-11-23(3)12-18-26/h7-18,27H,19-20H2,1-6H3,(H,31,32). The second-order valence-electron chi connectivity index (χ2n) is 11.7. The Morgan fingerprint density at radius 1 is 0.610 bits per heavy atom. The Labute approximate surface area is 243 Å². The maximum atomic E-state index is 14.3. The van der Waals surface area contributed by atoms with E-state index in [0.29, 0.717) is 0 Å². The minimum atomic E-state index is -4.61. The molecule has 0 heterocycles. The van der Waals surface area contributed by atoms with Crippen LogP contribution >= 0.6 is 0 Å². The van der Waals surface area contributed by atoms with Crippen LogP contribution in [-0.2, 0) is 34.3 Å². The summed E-state index contributed by atoms with van der Waals surface area (Å²) in [4.78, 5) is 12.7. The Balaban J connectivity index is 2.39. The third-order valence-corrected chi connectivity index (χ3v) is 13.5. The molecule has 1 atom stereocenters. The average Bonchev–Trinajstić information content (AvgIpc) is 2.83. The summed E-state index contributed by atoms with van der Waals surface area (Å²) in [5.74, 6) is -4.34. The van der Waals surface area contributed by atoms with E-state index in [2.05, 4.69) is 0 Å². The van der Waals surface area contributed by atoms with Crippen molar-refractivity contribution >= 4 is 35.5 Å². The summed E-state index contributed by atoms with van der Waals surface area (Å²) in [5, 5.41) is 8.87. The van der Waals surface area contributed by atoms with E-state index >= 15 is 0 Å². The van der Waals surface area contributed by atoms with E-state index in [4.69, 9.17) is 0 Å². The Bertz CT molecular complexity index is 1650. The molecule has 3 aromatic rings. The zero-order valence-corrected chi connectivity index (χ0v) is 26.4. The van der Waals surface area contributed by atoms with Crippen LogP contribution in [0, 0.1) is 31.6 Å². The largest absolute Gasteiger partial charge is 0.481 e. The van der Waals surface area contributed by atoms with E-state index in [9.17, 15) is 35.2 Å². The van der Waals surface area contributed by atoms with Crippen LogP contribution in [0.25, 0.3) is 0 Å². The number of carboxylic acids is 1. The SMILES string of the molecule is Cc1ccc(S(=O)(=O)CC(CS(=O)(=O)c2ccc(C)cc2)(C(=O)O)C(C(C)(C)C)S(=O)(=O)c2ccc(C)cc2)cc1. The molecule has 0 amide bonds. The van der Waals surface area contributed by atoms with Gasteiger partial charge in [-0.1, -0.05) is 73.9 Å². The molecular weight excluding hydrogens is 585 g/mol. The number of sulfone groups is 3. The quantitative estimate of drug-likeness (QED) is 0.340. The number of rotatable bonds is 10. The van der Waals surface area contributed by atoms with E-state index in [0.717, 1.165) is 16.7 Å². The van der Waals surface area contributed by atoms with Crippen molar-refractivity contribution in [1.29, 1.82) is 0 Å². The molecule has 0 radical (unpaired) electrons.